The number of hydrogen-bond acceptors (Lipinski definition) is 3. The molecule has 0 bridgehead atoms. The normalized spacial score (nSPS) is 10.8. The van der Waals surface area contributed by atoms with Crippen molar-refractivity contribution in [3.8, 4) is 0 Å². The lowest BCUT2D eigenvalue weighted by atomic mass is 10.2. The number of nitrogens with one attached hydrogen (secondary N) is 1. The molecule has 0 unspecified atom stereocenters. The van der Waals surface area contributed by atoms with Gasteiger partial charge in [-0.1, -0.05) is 34.1 Å². The maximum Gasteiger partial charge on any atom is 0.243 e. The third kappa shape index (κ3) is 2.76. The van der Waals surface area contributed by atoms with Gasteiger partial charge in [0.25, 0.3) is 0 Å². The lowest BCUT2D eigenvalue weighted by molar-refractivity contribution is 0.942. The van der Waals surface area contributed by atoms with Crippen molar-refractivity contribution in [2.75, 3.05) is 5.32 Å². The first-order chi connectivity index (χ1) is 9.20. The van der Waals surface area contributed by atoms with Crippen LogP contribution in [-0.2, 0) is 6.54 Å². The van der Waals surface area contributed by atoms with E-state index in [0.717, 1.165) is 15.7 Å². The van der Waals surface area contributed by atoms with Crippen LogP contribution in [0.15, 0.2) is 47.1 Å². The van der Waals surface area contributed by atoms with Gasteiger partial charge >= 0.3 is 0 Å². The highest BCUT2D eigenvalue weighted by molar-refractivity contribution is 9.10. The predicted octanol–water partition coefficient (Wildman–Crippen LogP) is 3.41. The number of rotatable bonds is 3. The van der Waals surface area contributed by atoms with Gasteiger partial charge in [0.2, 0.25) is 5.95 Å². The van der Waals surface area contributed by atoms with Gasteiger partial charge in [0, 0.05) is 17.2 Å². The lowest BCUT2D eigenvalue weighted by Gasteiger charge is -2.02. The Kier molecular flexibility index (Phi) is 3.21. The highest BCUT2D eigenvalue weighted by Gasteiger charge is 2.03. The van der Waals surface area contributed by atoms with Crippen molar-refractivity contribution in [2.45, 2.75) is 13.5 Å². The first-order valence-corrected chi connectivity index (χ1v) is 6.81. The minimum Gasteiger partial charge on any atom is -0.349 e. The number of aromatic nitrogens is 3. The van der Waals surface area contributed by atoms with Gasteiger partial charge in [0.15, 0.2) is 5.65 Å². The Morgan fingerprint density at radius 2 is 2.16 bits per heavy atom. The monoisotopic (exact) mass is 316 g/mol. The SMILES string of the molecule is Cc1ccc2nc(NCc3cccc(Br)c3)nn2c1. The molecule has 1 aromatic carbocycles. The molecule has 5 heteroatoms. The average Bonchev–Trinajstić information content (AvgIpc) is 2.78. The van der Waals surface area contributed by atoms with E-state index in [0.29, 0.717) is 12.5 Å². The van der Waals surface area contributed by atoms with Crippen molar-refractivity contribution in [3.05, 3.63) is 58.2 Å². The Balaban J connectivity index is 1.78. The first kappa shape index (κ1) is 12.2. The Hall–Kier alpha value is -1.88. The van der Waals surface area contributed by atoms with Gasteiger partial charge in [0.1, 0.15) is 0 Å². The van der Waals surface area contributed by atoms with Crippen molar-refractivity contribution in [3.63, 3.8) is 0 Å². The van der Waals surface area contributed by atoms with Crippen LogP contribution < -0.4 is 5.32 Å². The molecule has 0 radical (unpaired) electrons. The van der Waals surface area contributed by atoms with E-state index in [9.17, 15) is 0 Å². The number of benzene rings is 1. The molecule has 0 atom stereocenters. The summed E-state index contributed by atoms with van der Waals surface area (Å²) in [5.74, 6) is 0.644. The number of halogens is 1. The zero-order valence-electron chi connectivity index (χ0n) is 10.5. The molecule has 0 aliphatic rings. The van der Waals surface area contributed by atoms with Crippen molar-refractivity contribution < 1.29 is 0 Å². The minimum absolute atomic E-state index is 0.644. The summed E-state index contributed by atoms with van der Waals surface area (Å²) in [4.78, 5) is 4.42. The molecule has 3 aromatic rings. The Labute approximate surface area is 119 Å². The Morgan fingerprint density at radius 1 is 1.26 bits per heavy atom. The molecule has 3 rings (SSSR count). The van der Waals surface area contributed by atoms with Crippen LogP contribution in [0.5, 0.6) is 0 Å². The summed E-state index contributed by atoms with van der Waals surface area (Å²) >= 11 is 3.46. The third-order valence-electron chi connectivity index (χ3n) is 2.82. The number of hydrogen-bond donors (Lipinski definition) is 1. The van der Waals surface area contributed by atoms with Crippen molar-refractivity contribution in [2.24, 2.45) is 0 Å². The fourth-order valence-corrected chi connectivity index (χ4v) is 2.34. The summed E-state index contributed by atoms with van der Waals surface area (Å²) < 4.78 is 2.86. The summed E-state index contributed by atoms with van der Waals surface area (Å²) in [7, 11) is 0. The van der Waals surface area contributed by atoms with Gasteiger partial charge in [-0.05, 0) is 36.2 Å². The predicted molar refractivity (Wildman–Crippen MR) is 79.2 cm³/mol. The molecule has 2 aromatic heterocycles. The van der Waals surface area contributed by atoms with Crippen LogP contribution in [0.2, 0.25) is 0 Å². The summed E-state index contributed by atoms with van der Waals surface area (Å²) in [6.07, 6.45) is 1.96. The van der Waals surface area contributed by atoms with E-state index in [1.165, 1.54) is 5.56 Å². The molecule has 2 heterocycles. The van der Waals surface area contributed by atoms with E-state index in [1.807, 2.05) is 37.4 Å². The molecule has 19 heavy (non-hydrogen) atoms. The van der Waals surface area contributed by atoms with Gasteiger partial charge in [0.05, 0.1) is 0 Å². The summed E-state index contributed by atoms with van der Waals surface area (Å²) in [6, 6.07) is 12.2. The van der Waals surface area contributed by atoms with Gasteiger partial charge < -0.3 is 5.32 Å². The standard InChI is InChI=1S/C14H13BrN4/c1-10-5-6-13-17-14(18-19(13)9-10)16-8-11-3-2-4-12(15)7-11/h2-7,9H,8H2,1H3,(H,16,18). The fourth-order valence-electron chi connectivity index (χ4n) is 1.89. The van der Waals surface area contributed by atoms with E-state index in [1.54, 1.807) is 4.52 Å². The Morgan fingerprint density at radius 3 is 3.00 bits per heavy atom. The molecule has 96 valence electrons. The van der Waals surface area contributed by atoms with E-state index >= 15 is 0 Å². The zero-order chi connectivity index (χ0) is 13.2. The van der Waals surface area contributed by atoms with Crippen molar-refractivity contribution in [1.29, 1.82) is 0 Å². The van der Waals surface area contributed by atoms with Crippen LogP contribution >= 0.6 is 15.9 Å². The second-order valence-electron chi connectivity index (χ2n) is 4.43. The largest absolute Gasteiger partial charge is 0.349 e. The van der Waals surface area contributed by atoms with E-state index in [4.69, 9.17) is 0 Å². The summed E-state index contributed by atoms with van der Waals surface area (Å²) in [5, 5.41) is 7.63. The molecule has 1 N–H and O–H groups in total. The molecule has 0 aliphatic heterocycles. The van der Waals surface area contributed by atoms with E-state index < -0.39 is 0 Å². The highest BCUT2D eigenvalue weighted by atomic mass is 79.9. The third-order valence-corrected chi connectivity index (χ3v) is 3.31. The molecule has 0 saturated heterocycles. The van der Waals surface area contributed by atoms with Crippen LogP contribution in [0.25, 0.3) is 5.65 Å². The van der Waals surface area contributed by atoms with Crippen LogP contribution in [0.4, 0.5) is 5.95 Å². The topological polar surface area (TPSA) is 42.2 Å². The number of pyridine rings is 1. The van der Waals surface area contributed by atoms with Gasteiger partial charge in [-0.25, -0.2) is 4.52 Å². The van der Waals surface area contributed by atoms with Crippen LogP contribution in [0.1, 0.15) is 11.1 Å². The fraction of sp³-hybridized carbons (Fsp3) is 0.143. The molecule has 0 fully saturated rings. The minimum atomic E-state index is 0.644. The zero-order valence-corrected chi connectivity index (χ0v) is 12.1. The quantitative estimate of drug-likeness (QED) is 0.805. The average molecular weight is 317 g/mol. The highest BCUT2D eigenvalue weighted by Crippen LogP contribution is 2.13. The molecule has 0 saturated carbocycles. The molecule has 0 aliphatic carbocycles. The lowest BCUT2D eigenvalue weighted by Crippen LogP contribution is -2.01. The second kappa shape index (κ2) is 5.01. The van der Waals surface area contributed by atoms with E-state index in [-0.39, 0.29) is 0 Å². The van der Waals surface area contributed by atoms with E-state index in [2.05, 4.69) is 43.5 Å². The smallest absolute Gasteiger partial charge is 0.243 e. The van der Waals surface area contributed by atoms with Gasteiger partial charge in [-0.15, -0.1) is 5.10 Å². The molecule has 4 nitrogen and oxygen atoms in total. The van der Waals surface area contributed by atoms with Gasteiger partial charge in [-0.2, -0.15) is 4.98 Å². The Bertz CT molecular complexity index is 720. The molecule has 0 amide bonds. The van der Waals surface area contributed by atoms with Crippen molar-refractivity contribution >= 4 is 27.5 Å². The molecule has 0 spiro atoms. The maximum absolute atomic E-state index is 4.42. The second-order valence-corrected chi connectivity index (χ2v) is 5.34. The van der Waals surface area contributed by atoms with Crippen LogP contribution in [0, 0.1) is 6.92 Å². The van der Waals surface area contributed by atoms with Crippen LogP contribution in [-0.4, -0.2) is 14.6 Å². The van der Waals surface area contributed by atoms with Crippen LogP contribution in [0.3, 0.4) is 0 Å². The number of fused-ring (bicyclic) bond motifs is 1. The number of aryl methyl sites for hydroxylation is 1. The summed E-state index contributed by atoms with van der Waals surface area (Å²) in [6.45, 7) is 2.74. The molecular formula is C14H13BrN4. The number of nitrogens with zero attached hydrogens (tertiary/aromatic N) is 3. The summed E-state index contributed by atoms with van der Waals surface area (Å²) in [5.41, 5.74) is 3.20. The number of anilines is 1. The van der Waals surface area contributed by atoms with Crippen molar-refractivity contribution in [1.82, 2.24) is 14.6 Å². The van der Waals surface area contributed by atoms with Gasteiger partial charge in [-0.3, -0.25) is 0 Å². The first-order valence-electron chi connectivity index (χ1n) is 6.02. The maximum atomic E-state index is 4.42. The molecular weight excluding hydrogens is 304 g/mol.